The average molecular weight is 210 g/mol. The van der Waals surface area contributed by atoms with E-state index in [9.17, 15) is 0 Å². The Bertz CT molecular complexity index is 290. The van der Waals surface area contributed by atoms with Crippen molar-refractivity contribution in [1.29, 1.82) is 0 Å². The summed E-state index contributed by atoms with van der Waals surface area (Å²) in [5, 5.41) is 17.7. The van der Waals surface area contributed by atoms with Gasteiger partial charge < -0.3 is 19.7 Å². The Kier molecular flexibility index (Phi) is 4.55. The fourth-order valence-corrected chi connectivity index (χ4v) is 0.963. The van der Waals surface area contributed by atoms with Gasteiger partial charge in [0.2, 0.25) is 5.88 Å². The summed E-state index contributed by atoms with van der Waals surface area (Å²) in [5.41, 5.74) is 0.356. The molecule has 2 N–H and O–H groups in total. The number of pyridine rings is 1. The van der Waals surface area contributed by atoms with Crippen LogP contribution in [-0.4, -0.2) is 54.3 Å². The highest BCUT2D eigenvalue weighted by Crippen LogP contribution is 2.02. The van der Waals surface area contributed by atoms with Crippen molar-refractivity contribution >= 4 is 12.6 Å². The number of likely N-dealkylation sites (N-methyl/N-ethyl adjacent to an activating group) is 1. The van der Waals surface area contributed by atoms with Gasteiger partial charge >= 0.3 is 7.12 Å². The molecule has 1 aromatic rings. The van der Waals surface area contributed by atoms with Crippen LogP contribution in [0.25, 0.3) is 0 Å². The van der Waals surface area contributed by atoms with Crippen molar-refractivity contribution in [2.45, 2.75) is 0 Å². The Morgan fingerprint density at radius 3 is 2.60 bits per heavy atom. The first-order chi connectivity index (χ1) is 7.09. The van der Waals surface area contributed by atoms with E-state index in [1.165, 1.54) is 6.20 Å². The van der Waals surface area contributed by atoms with Crippen LogP contribution in [-0.2, 0) is 0 Å². The maximum absolute atomic E-state index is 8.83. The fraction of sp³-hybridized carbons (Fsp3) is 0.444. The predicted octanol–water partition coefficient (Wildman–Crippen LogP) is -1.30. The second kappa shape index (κ2) is 5.70. The Hall–Kier alpha value is -1.11. The molecule has 82 valence electrons. The zero-order valence-electron chi connectivity index (χ0n) is 8.92. The van der Waals surface area contributed by atoms with E-state index >= 15 is 0 Å². The number of hydrogen-bond acceptors (Lipinski definition) is 5. The molecule has 0 saturated heterocycles. The normalized spacial score (nSPS) is 10.5. The zero-order chi connectivity index (χ0) is 11.3. The Balaban J connectivity index is 2.43. The van der Waals surface area contributed by atoms with Crippen molar-refractivity contribution < 1.29 is 14.8 Å². The highest BCUT2D eigenvalue weighted by molar-refractivity contribution is 6.58. The minimum atomic E-state index is -1.48. The van der Waals surface area contributed by atoms with Crippen LogP contribution in [0.3, 0.4) is 0 Å². The first-order valence-electron chi connectivity index (χ1n) is 4.69. The molecule has 0 aliphatic heterocycles. The fourth-order valence-electron chi connectivity index (χ4n) is 0.963. The quantitative estimate of drug-likeness (QED) is 0.591. The third-order valence-electron chi connectivity index (χ3n) is 1.85. The lowest BCUT2D eigenvalue weighted by Crippen LogP contribution is -2.30. The molecule has 1 aromatic heterocycles. The molecule has 0 aliphatic carbocycles. The molecule has 0 aromatic carbocycles. The summed E-state index contributed by atoms with van der Waals surface area (Å²) < 4.78 is 5.34. The van der Waals surface area contributed by atoms with Gasteiger partial charge in [-0.3, -0.25) is 0 Å². The lowest BCUT2D eigenvalue weighted by atomic mass is 9.82. The second-order valence-corrected chi connectivity index (χ2v) is 3.46. The van der Waals surface area contributed by atoms with E-state index in [4.69, 9.17) is 14.8 Å². The Morgan fingerprint density at radius 2 is 2.13 bits per heavy atom. The molecule has 0 unspecified atom stereocenters. The maximum Gasteiger partial charge on any atom is 0.490 e. The molecule has 5 nitrogen and oxygen atoms in total. The summed E-state index contributed by atoms with van der Waals surface area (Å²) in [4.78, 5) is 5.94. The molecule has 0 amide bonds. The maximum atomic E-state index is 8.83. The molecule has 0 spiro atoms. The van der Waals surface area contributed by atoms with Crippen molar-refractivity contribution in [2.75, 3.05) is 27.2 Å². The second-order valence-electron chi connectivity index (χ2n) is 3.46. The van der Waals surface area contributed by atoms with Crippen LogP contribution in [0.2, 0.25) is 0 Å². The lowest BCUT2D eigenvalue weighted by Gasteiger charge is -2.10. The standard InChI is InChI=1S/C9H15BN2O3/c1-12(2)5-6-15-9-4-3-8(7-11-9)10(13)14/h3-4,7,13-14H,5-6H2,1-2H3. The van der Waals surface area contributed by atoms with Gasteiger partial charge in [-0.15, -0.1) is 0 Å². The minimum absolute atomic E-state index is 0.356. The van der Waals surface area contributed by atoms with Crippen molar-refractivity contribution in [1.82, 2.24) is 9.88 Å². The third-order valence-corrected chi connectivity index (χ3v) is 1.85. The van der Waals surface area contributed by atoms with Crippen LogP contribution in [0.4, 0.5) is 0 Å². The summed E-state index contributed by atoms with van der Waals surface area (Å²) in [7, 11) is 2.44. The number of ether oxygens (including phenoxy) is 1. The van der Waals surface area contributed by atoms with Crippen LogP contribution < -0.4 is 10.2 Å². The largest absolute Gasteiger partial charge is 0.490 e. The highest BCUT2D eigenvalue weighted by atomic mass is 16.5. The number of aromatic nitrogens is 1. The van der Waals surface area contributed by atoms with Crippen molar-refractivity contribution in [3.63, 3.8) is 0 Å². The van der Waals surface area contributed by atoms with E-state index < -0.39 is 7.12 Å². The summed E-state index contributed by atoms with van der Waals surface area (Å²) in [6, 6.07) is 3.19. The summed E-state index contributed by atoms with van der Waals surface area (Å²) in [6.07, 6.45) is 1.38. The van der Waals surface area contributed by atoms with E-state index in [2.05, 4.69) is 4.98 Å². The van der Waals surface area contributed by atoms with E-state index in [0.29, 0.717) is 17.9 Å². The van der Waals surface area contributed by atoms with Crippen LogP contribution >= 0.6 is 0 Å². The lowest BCUT2D eigenvalue weighted by molar-refractivity contribution is 0.254. The number of rotatable bonds is 5. The van der Waals surface area contributed by atoms with Gasteiger partial charge in [-0.05, 0) is 20.2 Å². The smallest absolute Gasteiger partial charge is 0.476 e. The molecule has 0 aliphatic rings. The van der Waals surface area contributed by atoms with Crippen molar-refractivity contribution in [3.8, 4) is 5.88 Å². The highest BCUT2D eigenvalue weighted by Gasteiger charge is 2.10. The van der Waals surface area contributed by atoms with Crippen molar-refractivity contribution in [3.05, 3.63) is 18.3 Å². The van der Waals surface area contributed by atoms with Gasteiger partial charge in [0, 0.05) is 18.2 Å². The monoisotopic (exact) mass is 210 g/mol. The minimum Gasteiger partial charge on any atom is -0.476 e. The average Bonchev–Trinajstić information content (AvgIpc) is 2.18. The summed E-state index contributed by atoms with van der Waals surface area (Å²) in [6.45, 7) is 1.37. The first-order valence-corrected chi connectivity index (χ1v) is 4.69. The van der Waals surface area contributed by atoms with Gasteiger partial charge in [0.25, 0.3) is 0 Å². The Morgan fingerprint density at radius 1 is 1.40 bits per heavy atom. The van der Waals surface area contributed by atoms with Crippen LogP contribution in [0, 0.1) is 0 Å². The van der Waals surface area contributed by atoms with E-state index in [0.717, 1.165) is 6.54 Å². The van der Waals surface area contributed by atoms with E-state index in [-0.39, 0.29) is 0 Å². The van der Waals surface area contributed by atoms with Crippen LogP contribution in [0.1, 0.15) is 0 Å². The molecular formula is C9H15BN2O3. The van der Waals surface area contributed by atoms with Gasteiger partial charge in [0.1, 0.15) is 6.61 Å². The molecule has 6 heteroatoms. The van der Waals surface area contributed by atoms with E-state index in [1.54, 1.807) is 12.1 Å². The molecule has 0 atom stereocenters. The molecule has 0 bridgehead atoms. The molecule has 0 fully saturated rings. The van der Waals surface area contributed by atoms with Gasteiger partial charge in [-0.2, -0.15) is 0 Å². The van der Waals surface area contributed by atoms with E-state index in [1.807, 2.05) is 19.0 Å². The van der Waals surface area contributed by atoms with Crippen LogP contribution in [0.5, 0.6) is 5.88 Å². The van der Waals surface area contributed by atoms with Gasteiger partial charge in [0.05, 0.1) is 0 Å². The topological polar surface area (TPSA) is 65.8 Å². The van der Waals surface area contributed by atoms with Gasteiger partial charge in [0.15, 0.2) is 0 Å². The molecule has 1 rings (SSSR count). The molecule has 0 saturated carbocycles. The number of hydrogen-bond donors (Lipinski definition) is 2. The molecule has 15 heavy (non-hydrogen) atoms. The SMILES string of the molecule is CN(C)CCOc1ccc(B(O)O)cn1. The zero-order valence-corrected chi connectivity index (χ0v) is 8.92. The molecular weight excluding hydrogens is 195 g/mol. The summed E-state index contributed by atoms with van der Waals surface area (Å²) in [5.74, 6) is 0.487. The third kappa shape index (κ3) is 4.29. The molecule has 1 heterocycles. The number of nitrogens with zero attached hydrogens (tertiary/aromatic N) is 2. The van der Waals surface area contributed by atoms with Crippen LogP contribution in [0.15, 0.2) is 18.3 Å². The predicted molar refractivity (Wildman–Crippen MR) is 58.1 cm³/mol. The van der Waals surface area contributed by atoms with Crippen molar-refractivity contribution in [2.24, 2.45) is 0 Å². The van der Waals surface area contributed by atoms with Gasteiger partial charge in [-0.1, -0.05) is 6.07 Å². The van der Waals surface area contributed by atoms with Gasteiger partial charge in [-0.25, -0.2) is 4.98 Å². The summed E-state index contributed by atoms with van der Waals surface area (Å²) >= 11 is 0. The molecule has 0 radical (unpaired) electrons. The Labute approximate surface area is 89.5 Å². The first kappa shape index (κ1) is 12.0.